The van der Waals surface area contributed by atoms with Crippen molar-refractivity contribution in [3.8, 4) is 0 Å². The molecule has 3 fully saturated rings. The molecule has 0 heterocycles. The van der Waals surface area contributed by atoms with E-state index in [1.54, 1.807) is 0 Å². The predicted octanol–water partition coefficient (Wildman–Crippen LogP) is 7.30. The van der Waals surface area contributed by atoms with Crippen LogP contribution in [0.3, 0.4) is 0 Å². The molecule has 0 N–H and O–H groups in total. The highest BCUT2D eigenvalue weighted by Crippen LogP contribution is 2.53. The second kappa shape index (κ2) is 10.9. The molecule has 27 heavy (non-hydrogen) atoms. The molecule has 4 unspecified atom stereocenters. The molecule has 0 aromatic heterocycles. The molecule has 0 spiro atoms. The number of carbonyl (C=O) groups is 1. The maximum absolute atomic E-state index is 12.2. The molecule has 0 aliphatic heterocycles. The Labute approximate surface area is 168 Å². The monoisotopic (exact) mass is 376 g/mol. The highest BCUT2D eigenvalue weighted by Gasteiger charge is 2.44. The average molecular weight is 377 g/mol. The van der Waals surface area contributed by atoms with Gasteiger partial charge in [0.1, 0.15) is 6.10 Å². The Hall–Kier alpha value is -0.530. The van der Waals surface area contributed by atoms with Crippen LogP contribution in [-0.2, 0) is 9.53 Å². The van der Waals surface area contributed by atoms with Gasteiger partial charge in [-0.3, -0.25) is 4.79 Å². The Morgan fingerprint density at radius 3 is 2.22 bits per heavy atom. The number of esters is 1. The van der Waals surface area contributed by atoms with Crippen LogP contribution in [0, 0.1) is 29.6 Å². The molecule has 0 aromatic rings. The highest BCUT2D eigenvalue weighted by molar-refractivity contribution is 5.69. The van der Waals surface area contributed by atoms with Crippen molar-refractivity contribution >= 4 is 5.97 Å². The van der Waals surface area contributed by atoms with Crippen LogP contribution in [0.25, 0.3) is 0 Å². The first-order chi connectivity index (χ1) is 13.2. The van der Waals surface area contributed by atoms with Crippen molar-refractivity contribution < 1.29 is 9.53 Å². The van der Waals surface area contributed by atoms with Crippen molar-refractivity contribution in [1.82, 2.24) is 0 Å². The van der Waals surface area contributed by atoms with Crippen LogP contribution in [-0.4, -0.2) is 12.1 Å². The molecular formula is C25H44O2. The van der Waals surface area contributed by atoms with Gasteiger partial charge in [0, 0.05) is 6.42 Å². The van der Waals surface area contributed by atoms with Gasteiger partial charge >= 0.3 is 5.97 Å². The van der Waals surface area contributed by atoms with Crippen molar-refractivity contribution in [1.29, 1.82) is 0 Å². The third-order valence-electron chi connectivity index (χ3n) is 8.10. The standard InChI is InChI=1S/C25H44O2/c1-3-5-7-8-10-25(26)27-22-14-16-24-21(18-22)13-12-20-17-19(9-6-4-2)11-15-23(20)24/h19-24H,3-18H2,1-2H3/t19-,20?,21?,22-,23?,24?/m0/s1. The Kier molecular flexibility index (Phi) is 8.52. The van der Waals surface area contributed by atoms with Crippen LogP contribution in [0.4, 0.5) is 0 Å². The molecule has 0 amide bonds. The Balaban J connectivity index is 1.41. The van der Waals surface area contributed by atoms with Crippen molar-refractivity contribution in [2.45, 2.75) is 123 Å². The molecule has 3 aliphatic carbocycles. The lowest BCUT2D eigenvalue weighted by atomic mass is 9.56. The van der Waals surface area contributed by atoms with E-state index in [1.807, 2.05) is 0 Å². The van der Waals surface area contributed by atoms with Crippen LogP contribution in [0.15, 0.2) is 0 Å². The zero-order valence-electron chi connectivity index (χ0n) is 18.1. The van der Waals surface area contributed by atoms with Crippen LogP contribution in [0.2, 0.25) is 0 Å². The summed E-state index contributed by atoms with van der Waals surface area (Å²) in [5, 5.41) is 0. The second-order valence-electron chi connectivity index (χ2n) is 9.98. The zero-order chi connectivity index (χ0) is 19.1. The van der Waals surface area contributed by atoms with Crippen LogP contribution in [0.5, 0.6) is 0 Å². The molecule has 3 saturated carbocycles. The van der Waals surface area contributed by atoms with E-state index in [1.165, 1.54) is 77.0 Å². The molecule has 3 aliphatic rings. The topological polar surface area (TPSA) is 26.3 Å². The lowest BCUT2D eigenvalue weighted by Gasteiger charge is -2.50. The van der Waals surface area contributed by atoms with Gasteiger partial charge in [0.25, 0.3) is 0 Å². The summed E-state index contributed by atoms with van der Waals surface area (Å²) in [4.78, 5) is 12.2. The van der Waals surface area contributed by atoms with Gasteiger partial charge in [-0.05, 0) is 81.0 Å². The molecular weight excluding hydrogens is 332 g/mol. The number of rotatable bonds is 9. The van der Waals surface area contributed by atoms with Crippen molar-refractivity contribution in [3.05, 3.63) is 0 Å². The summed E-state index contributed by atoms with van der Waals surface area (Å²) < 4.78 is 5.88. The van der Waals surface area contributed by atoms with Crippen LogP contribution in [0.1, 0.15) is 117 Å². The Bertz CT molecular complexity index is 446. The summed E-state index contributed by atoms with van der Waals surface area (Å²) >= 11 is 0. The van der Waals surface area contributed by atoms with E-state index in [-0.39, 0.29) is 12.1 Å². The first kappa shape index (κ1) is 21.2. The van der Waals surface area contributed by atoms with Crippen LogP contribution < -0.4 is 0 Å². The van der Waals surface area contributed by atoms with E-state index in [2.05, 4.69) is 13.8 Å². The van der Waals surface area contributed by atoms with Gasteiger partial charge < -0.3 is 4.74 Å². The fourth-order valence-corrected chi connectivity index (χ4v) is 6.65. The van der Waals surface area contributed by atoms with E-state index >= 15 is 0 Å². The van der Waals surface area contributed by atoms with Crippen LogP contribution >= 0.6 is 0 Å². The van der Waals surface area contributed by atoms with Gasteiger partial charge in [0.05, 0.1) is 0 Å². The number of hydrogen-bond donors (Lipinski definition) is 0. The average Bonchev–Trinajstić information content (AvgIpc) is 2.69. The van der Waals surface area contributed by atoms with Gasteiger partial charge in [-0.2, -0.15) is 0 Å². The van der Waals surface area contributed by atoms with Gasteiger partial charge in [-0.1, -0.05) is 58.8 Å². The molecule has 6 atom stereocenters. The molecule has 0 aromatic carbocycles. The number of carbonyl (C=O) groups excluding carboxylic acids is 1. The lowest BCUT2D eigenvalue weighted by Crippen LogP contribution is -2.43. The van der Waals surface area contributed by atoms with E-state index < -0.39 is 0 Å². The fraction of sp³-hybridized carbons (Fsp3) is 0.960. The van der Waals surface area contributed by atoms with Gasteiger partial charge in [-0.15, -0.1) is 0 Å². The maximum Gasteiger partial charge on any atom is 0.306 e. The van der Waals surface area contributed by atoms with Gasteiger partial charge in [0.15, 0.2) is 0 Å². The molecule has 2 nitrogen and oxygen atoms in total. The van der Waals surface area contributed by atoms with Crippen molar-refractivity contribution in [2.24, 2.45) is 29.6 Å². The zero-order valence-corrected chi connectivity index (χ0v) is 18.1. The summed E-state index contributed by atoms with van der Waals surface area (Å²) in [5.74, 6) is 4.87. The number of hydrogen-bond acceptors (Lipinski definition) is 2. The minimum Gasteiger partial charge on any atom is -0.462 e. The molecule has 3 rings (SSSR count). The van der Waals surface area contributed by atoms with Crippen molar-refractivity contribution in [2.75, 3.05) is 0 Å². The summed E-state index contributed by atoms with van der Waals surface area (Å²) in [6.45, 7) is 4.54. The van der Waals surface area contributed by atoms with Gasteiger partial charge in [0.2, 0.25) is 0 Å². The molecule has 0 radical (unpaired) electrons. The normalized spacial score (nSPS) is 35.9. The maximum atomic E-state index is 12.2. The predicted molar refractivity (Wildman–Crippen MR) is 113 cm³/mol. The molecule has 0 saturated heterocycles. The fourth-order valence-electron chi connectivity index (χ4n) is 6.65. The highest BCUT2D eigenvalue weighted by atomic mass is 16.5. The minimum atomic E-state index is 0.0691. The second-order valence-corrected chi connectivity index (χ2v) is 9.98. The largest absolute Gasteiger partial charge is 0.462 e. The smallest absolute Gasteiger partial charge is 0.306 e. The Morgan fingerprint density at radius 2 is 1.48 bits per heavy atom. The summed E-state index contributed by atoms with van der Waals surface area (Å²) in [5.41, 5.74) is 0. The lowest BCUT2D eigenvalue weighted by molar-refractivity contribution is -0.153. The van der Waals surface area contributed by atoms with Crippen molar-refractivity contribution in [3.63, 3.8) is 0 Å². The third kappa shape index (κ3) is 5.97. The van der Waals surface area contributed by atoms with E-state index in [9.17, 15) is 4.79 Å². The molecule has 156 valence electrons. The quantitative estimate of drug-likeness (QED) is 0.312. The van der Waals surface area contributed by atoms with E-state index in [4.69, 9.17) is 4.74 Å². The number of fused-ring (bicyclic) bond motifs is 3. The first-order valence-corrected chi connectivity index (χ1v) is 12.4. The minimum absolute atomic E-state index is 0.0691. The first-order valence-electron chi connectivity index (χ1n) is 12.4. The summed E-state index contributed by atoms with van der Waals surface area (Å²) in [6, 6.07) is 0. The molecule has 2 heteroatoms. The summed E-state index contributed by atoms with van der Waals surface area (Å²) in [7, 11) is 0. The van der Waals surface area contributed by atoms with E-state index in [0.717, 1.165) is 48.9 Å². The van der Waals surface area contributed by atoms with E-state index in [0.29, 0.717) is 6.42 Å². The SMILES string of the molecule is CCCCCCC(=O)O[C@H]1CCC2C(CCC3C[C@@H](CCCC)CCC32)C1. The number of unbranched alkanes of at least 4 members (excludes halogenated alkanes) is 4. The third-order valence-corrected chi connectivity index (χ3v) is 8.10. The summed E-state index contributed by atoms with van der Waals surface area (Å²) in [6.07, 6.45) is 20.7. The number of ether oxygens (including phenoxy) is 1. The van der Waals surface area contributed by atoms with Gasteiger partial charge in [-0.25, -0.2) is 0 Å². The molecule has 0 bridgehead atoms. The Morgan fingerprint density at radius 1 is 0.778 bits per heavy atom.